The molecule has 0 aliphatic heterocycles. The smallest absolute Gasteiger partial charge is 0.305 e. The first-order chi connectivity index (χ1) is 20.5. The summed E-state index contributed by atoms with van der Waals surface area (Å²) in [6.45, 7) is 5.35. The zero-order valence-corrected chi connectivity index (χ0v) is 23.5. The molecule has 4 rings (SSSR count). The van der Waals surface area contributed by atoms with Crippen LogP contribution in [0.25, 0.3) is 22.8 Å². The van der Waals surface area contributed by atoms with E-state index in [0.29, 0.717) is 74.8 Å². The zero-order valence-electron chi connectivity index (χ0n) is 23.5. The lowest BCUT2D eigenvalue weighted by Gasteiger charge is -2.05. The minimum atomic E-state index is -0.220. The number of ether oxygens (including phenoxy) is 2. The van der Waals surface area contributed by atoms with Crippen molar-refractivity contribution < 1.29 is 28.7 Å². The van der Waals surface area contributed by atoms with Gasteiger partial charge in [-0.3, -0.25) is 19.2 Å². The van der Waals surface area contributed by atoms with Crippen molar-refractivity contribution in [3.63, 3.8) is 0 Å². The molecule has 2 aromatic heterocycles. The van der Waals surface area contributed by atoms with Crippen LogP contribution in [-0.2, 0) is 32.2 Å². The Bertz CT molecular complexity index is 1430. The Hall–Kier alpha value is -5.14. The Morgan fingerprint density at radius 1 is 0.738 bits per heavy atom. The molecule has 4 aromatic rings. The molecule has 42 heavy (non-hydrogen) atoms. The zero-order chi connectivity index (χ0) is 30.2. The normalized spacial score (nSPS) is 10.3. The third-order valence-electron chi connectivity index (χ3n) is 5.70. The molecule has 220 valence electrons. The largest absolute Gasteiger partial charge is 0.466 e. The predicted octanol–water partition coefficient (Wildman–Crippen LogP) is 2.99. The number of hydrogen-bond donors (Lipinski definition) is 0. The Morgan fingerprint density at radius 2 is 1.29 bits per heavy atom. The van der Waals surface area contributed by atoms with Crippen LogP contribution in [0.4, 0.5) is 0 Å². The third kappa shape index (κ3) is 9.80. The lowest BCUT2D eigenvalue weighted by Crippen LogP contribution is -2.08. The van der Waals surface area contributed by atoms with Gasteiger partial charge in [-0.2, -0.15) is 4.80 Å². The van der Waals surface area contributed by atoms with E-state index in [1.54, 1.807) is 67.1 Å². The molecule has 2 aromatic carbocycles. The van der Waals surface area contributed by atoms with E-state index in [1.165, 1.54) is 4.80 Å². The highest BCUT2D eigenvalue weighted by Gasteiger charge is 2.10. The summed E-state index contributed by atoms with van der Waals surface area (Å²) in [6.07, 6.45) is 3.42. The molecule has 0 saturated carbocycles. The SMILES string of the molecule is CCOC(=O)CCCn1nnc(-c2ccc(C=O)cc2)n1.CCOC(=O)CCCn1nnnc1-c1ccc(C=O)cc1. The molecule has 0 saturated heterocycles. The van der Waals surface area contributed by atoms with E-state index in [2.05, 4.69) is 30.9 Å². The summed E-state index contributed by atoms with van der Waals surface area (Å²) in [5.41, 5.74) is 2.81. The maximum Gasteiger partial charge on any atom is 0.305 e. The van der Waals surface area contributed by atoms with Gasteiger partial charge in [0, 0.05) is 41.6 Å². The fourth-order valence-corrected chi connectivity index (χ4v) is 3.64. The highest BCUT2D eigenvalue weighted by Crippen LogP contribution is 2.17. The highest BCUT2D eigenvalue weighted by molar-refractivity contribution is 5.76. The topological polar surface area (TPSA) is 174 Å². The first kappa shape index (κ1) is 31.4. The summed E-state index contributed by atoms with van der Waals surface area (Å²) in [4.78, 5) is 45.2. The fraction of sp³-hybridized carbons (Fsp3) is 0.357. The minimum absolute atomic E-state index is 0.220. The summed E-state index contributed by atoms with van der Waals surface area (Å²) in [5, 5.41) is 23.7. The quantitative estimate of drug-likeness (QED) is 0.159. The minimum Gasteiger partial charge on any atom is -0.466 e. The number of aromatic nitrogens is 8. The molecule has 0 radical (unpaired) electrons. The van der Waals surface area contributed by atoms with Gasteiger partial charge in [-0.05, 0) is 42.3 Å². The van der Waals surface area contributed by atoms with Crippen molar-refractivity contribution in [3.05, 3.63) is 59.7 Å². The van der Waals surface area contributed by atoms with Gasteiger partial charge in [0.25, 0.3) is 0 Å². The standard InChI is InChI=1S/2C14H16N4O3/c1-2-21-13(20)4-3-9-18-14(15-16-17-18)12-7-5-11(10-19)6-8-12;1-2-21-13(20)4-3-9-18-16-14(15-17-18)12-7-5-11(10-19)6-8-12/h2*5-8,10H,2-4,9H2,1H3. The van der Waals surface area contributed by atoms with Crippen molar-refractivity contribution >= 4 is 24.5 Å². The van der Waals surface area contributed by atoms with Gasteiger partial charge in [-0.1, -0.05) is 48.5 Å². The number of aldehydes is 2. The third-order valence-corrected chi connectivity index (χ3v) is 5.70. The summed E-state index contributed by atoms with van der Waals surface area (Å²) in [7, 11) is 0. The maximum absolute atomic E-state index is 11.3. The van der Waals surface area contributed by atoms with Crippen LogP contribution in [0.2, 0.25) is 0 Å². The lowest BCUT2D eigenvalue weighted by atomic mass is 10.1. The van der Waals surface area contributed by atoms with Crippen LogP contribution in [0.5, 0.6) is 0 Å². The number of carbonyl (C=O) groups is 4. The van der Waals surface area contributed by atoms with Crippen molar-refractivity contribution in [2.45, 2.75) is 52.6 Å². The number of aryl methyl sites for hydroxylation is 2. The maximum atomic E-state index is 11.3. The van der Waals surface area contributed by atoms with Crippen molar-refractivity contribution in [2.24, 2.45) is 0 Å². The van der Waals surface area contributed by atoms with E-state index in [9.17, 15) is 19.2 Å². The van der Waals surface area contributed by atoms with Crippen LogP contribution in [-0.4, -0.2) is 78.1 Å². The Balaban J connectivity index is 0.000000230. The van der Waals surface area contributed by atoms with E-state index < -0.39 is 0 Å². The van der Waals surface area contributed by atoms with Gasteiger partial charge in [-0.15, -0.1) is 15.3 Å². The molecule has 0 unspecified atom stereocenters. The van der Waals surface area contributed by atoms with Crippen molar-refractivity contribution in [1.82, 2.24) is 40.4 Å². The van der Waals surface area contributed by atoms with Crippen LogP contribution in [0.15, 0.2) is 48.5 Å². The number of rotatable bonds is 14. The molecule has 0 aliphatic carbocycles. The van der Waals surface area contributed by atoms with Crippen molar-refractivity contribution in [1.29, 1.82) is 0 Å². The van der Waals surface area contributed by atoms with Gasteiger partial charge >= 0.3 is 11.9 Å². The van der Waals surface area contributed by atoms with E-state index in [4.69, 9.17) is 9.47 Å². The molecule has 14 heteroatoms. The molecule has 0 atom stereocenters. The number of carbonyl (C=O) groups excluding carboxylic acids is 4. The first-order valence-corrected chi connectivity index (χ1v) is 13.4. The van der Waals surface area contributed by atoms with Crippen LogP contribution in [0.1, 0.15) is 60.2 Å². The van der Waals surface area contributed by atoms with Crippen molar-refractivity contribution in [2.75, 3.05) is 13.2 Å². The van der Waals surface area contributed by atoms with Gasteiger partial charge in [0.15, 0.2) is 5.82 Å². The summed E-state index contributed by atoms with van der Waals surface area (Å²) in [6, 6.07) is 13.9. The van der Waals surface area contributed by atoms with Gasteiger partial charge in [0.2, 0.25) is 5.82 Å². The average molecular weight is 577 g/mol. The highest BCUT2D eigenvalue weighted by atomic mass is 16.5. The fourth-order valence-electron chi connectivity index (χ4n) is 3.64. The number of tetrazole rings is 2. The van der Waals surface area contributed by atoms with Crippen LogP contribution in [0.3, 0.4) is 0 Å². The second kappa shape index (κ2) is 16.8. The molecule has 0 bridgehead atoms. The molecule has 0 N–H and O–H groups in total. The van der Waals surface area contributed by atoms with E-state index in [1.807, 2.05) is 0 Å². The number of benzene rings is 2. The van der Waals surface area contributed by atoms with E-state index in [0.717, 1.165) is 23.7 Å². The van der Waals surface area contributed by atoms with Gasteiger partial charge in [0.1, 0.15) is 12.6 Å². The number of hydrogen-bond acceptors (Lipinski definition) is 12. The summed E-state index contributed by atoms with van der Waals surface area (Å²) < 4.78 is 11.3. The van der Waals surface area contributed by atoms with Crippen LogP contribution >= 0.6 is 0 Å². The lowest BCUT2D eigenvalue weighted by molar-refractivity contribution is -0.144. The summed E-state index contributed by atoms with van der Waals surface area (Å²) in [5.74, 6) is 0.657. The first-order valence-electron chi connectivity index (χ1n) is 13.4. The van der Waals surface area contributed by atoms with E-state index in [-0.39, 0.29) is 11.9 Å². The van der Waals surface area contributed by atoms with Crippen molar-refractivity contribution in [3.8, 4) is 22.8 Å². The number of nitrogens with zero attached hydrogens (tertiary/aromatic N) is 8. The predicted molar refractivity (Wildman–Crippen MR) is 149 cm³/mol. The molecule has 0 amide bonds. The van der Waals surface area contributed by atoms with E-state index >= 15 is 0 Å². The summed E-state index contributed by atoms with van der Waals surface area (Å²) >= 11 is 0. The Morgan fingerprint density at radius 3 is 1.83 bits per heavy atom. The Kier molecular flexibility index (Phi) is 12.6. The monoisotopic (exact) mass is 576 g/mol. The average Bonchev–Trinajstić information content (AvgIpc) is 3.68. The van der Waals surface area contributed by atoms with Gasteiger partial charge in [-0.25, -0.2) is 4.68 Å². The molecular weight excluding hydrogens is 544 g/mol. The van der Waals surface area contributed by atoms with Crippen LogP contribution < -0.4 is 0 Å². The molecular formula is C28H32N8O6. The van der Waals surface area contributed by atoms with Gasteiger partial charge < -0.3 is 9.47 Å². The molecule has 0 fully saturated rings. The Labute approximate surface area is 242 Å². The molecule has 0 spiro atoms. The van der Waals surface area contributed by atoms with Crippen LogP contribution in [0, 0.1) is 0 Å². The second-order valence-electron chi connectivity index (χ2n) is 8.73. The molecule has 2 heterocycles. The second-order valence-corrected chi connectivity index (χ2v) is 8.73. The molecule has 14 nitrogen and oxygen atoms in total. The van der Waals surface area contributed by atoms with Gasteiger partial charge in [0.05, 0.1) is 19.8 Å². The molecule has 0 aliphatic rings. The number of esters is 2.